The topological polar surface area (TPSA) is 125 Å². The number of nitrogens with one attached hydrogen (secondary N) is 2. The number of hydrogen-bond acceptors (Lipinski definition) is 6. The van der Waals surface area contributed by atoms with Gasteiger partial charge in [0.15, 0.2) is 6.61 Å². The first-order valence-electron chi connectivity index (χ1n) is 8.60. The minimum absolute atomic E-state index is 0.149. The summed E-state index contributed by atoms with van der Waals surface area (Å²) in [6.07, 6.45) is 1.40. The Hall–Kier alpha value is -2.70. The normalized spacial score (nSPS) is 13.7. The molecule has 0 heterocycles. The van der Waals surface area contributed by atoms with E-state index in [9.17, 15) is 18.0 Å². The van der Waals surface area contributed by atoms with Gasteiger partial charge in [-0.15, -0.1) is 0 Å². The van der Waals surface area contributed by atoms with Crippen molar-refractivity contribution in [2.24, 2.45) is 5.92 Å². The number of aryl methyl sites for hydroxylation is 1. The van der Waals surface area contributed by atoms with E-state index in [-0.39, 0.29) is 5.92 Å². The van der Waals surface area contributed by atoms with Crippen LogP contribution in [-0.2, 0) is 24.3 Å². The average molecular weight is 407 g/mol. The number of amides is 1. The highest BCUT2D eigenvalue weighted by Gasteiger charge is 2.30. The van der Waals surface area contributed by atoms with Crippen LogP contribution in [0.4, 0.5) is 0 Å². The second-order valence-electron chi connectivity index (χ2n) is 6.76. The molecule has 1 aromatic carbocycles. The third-order valence-electron chi connectivity index (χ3n) is 4.08. The summed E-state index contributed by atoms with van der Waals surface area (Å²) >= 11 is 0. The smallest absolute Gasteiger partial charge is 0.321 e. The summed E-state index contributed by atoms with van der Waals surface area (Å²) in [7, 11) is -3.84. The Bertz CT molecular complexity index is 870. The first kappa shape index (κ1) is 23.3. The average Bonchev–Trinajstić information content (AvgIpc) is 2.64. The molecular weight excluding hydrogens is 382 g/mol. The number of carbonyl (C=O) groups is 2. The van der Waals surface area contributed by atoms with E-state index < -0.39 is 40.6 Å². The van der Waals surface area contributed by atoms with Crippen LogP contribution in [0, 0.1) is 24.2 Å². The maximum atomic E-state index is 11.9. The Kier molecular flexibility index (Phi) is 8.35. The van der Waals surface area contributed by atoms with Gasteiger partial charge in [0.2, 0.25) is 10.0 Å². The van der Waals surface area contributed by atoms with Crippen molar-refractivity contribution in [2.75, 3.05) is 13.2 Å². The van der Waals surface area contributed by atoms with Crippen LogP contribution in [0.2, 0.25) is 0 Å². The molecule has 1 aromatic rings. The zero-order valence-electron chi connectivity index (χ0n) is 16.4. The van der Waals surface area contributed by atoms with Crippen LogP contribution >= 0.6 is 0 Å². The highest BCUT2D eigenvalue weighted by molar-refractivity contribution is 7.92. The Morgan fingerprint density at radius 2 is 1.89 bits per heavy atom. The van der Waals surface area contributed by atoms with E-state index in [0.717, 1.165) is 11.0 Å². The predicted molar refractivity (Wildman–Crippen MR) is 105 cm³/mol. The third-order valence-corrected chi connectivity index (χ3v) is 5.13. The number of carbonyl (C=O) groups excluding carboxylic acids is 2. The molecule has 0 spiro atoms. The molecule has 0 unspecified atom stereocenters. The van der Waals surface area contributed by atoms with Crippen LogP contribution < -0.4 is 10.0 Å². The summed E-state index contributed by atoms with van der Waals surface area (Å²) in [4.78, 5) is 23.5. The van der Waals surface area contributed by atoms with Crippen molar-refractivity contribution in [1.29, 1.82) is 5.26 Å². The van der Waals surface area contributed by atoms with Crippen molar-refractivity contribution in [1.82, 2.24) is 10.0 Å². The van der Waals surface area contributed by atoms with Gasteiger partial charge in [-0.2, -0.15) is 5.26 Å². The molecule has 0 saturated carbocycles. The lowest BCUT2D eigenvalue weighted by molar-refractivity contribution is -0.147. The monoisotopic (exact) mass is 407 g/mol. The van der Waals surface area contributed by atoms with Crippen molar-refractivity contribution in [3.8, 4) is 6.07 Å². The predicted octanol–water partition coefficient (Wildman–Crippen LogP) is 1.48. The van der Waals surface area contributed by atoms with E-state index >= 15 is 0 Å². The lowest BCUT2D eigenvalue weighted by atomic mass is 9.90. The Balaban J connectivity index is 2.48. The molecule has 0 fully saturated rings. The molecule has 8 nitrogen and oxygen atoms in total. The van der Waals surface area contributed by atoms with Crippen molar-refractivity contribution < 1.29 is 22.7 Å². The molecule has 1 atom stereocenters. The highest BCUT2D eigenvalue weighted by atomic mass is 32.2. The molecule has 0 aromatic heterocycles. The van der Waals surface area contributed by atoms with Crippen LogP contribution in [0.1, 0.15) is 31.9 Å². The standard InChI is InChI=1S/C19H25N3O5S/c1-14(2)19(4,13-20)22-17(23)12-27-18(24)11-21-28(25,26)10-9-16-7-5-15(3)6-8-16/h5-10,14,21H,11-12H2,1-4H3,(H,22,23)/b10-9+/t19-/m1/s1. The molecule has 0 bridgehead atoms. The van der Waals surface area contributed by atoms with Gasteiger partial charge in [0.1, 0.15) is 12.1 Å². The fourth-order valence-corrected chi connectivity index (χ4v) is 2.63. The van der Waals surface area contributed by atoms with E-state index in [1.807, 2.05) is 25.1 Å². The number of benzene rings is 1. The first-order chi connectivity index (χ1) is 13.0. The van der Waals surface area contributed by atoms with Crippen LogP contribution in [0.3, 0.4) is 0 Å². The minimum atomic E-state index is -3.84. The Labute approximate surface area is 165 Å². The molecule has 152 valence electrons. The lowest BCUT2D eigenvalue weighted by Gasteiger charge is -2.27. The maximum absolute atomic E-state index is 11.9. The second-order valence-corrected chi connectivity index (χ2v) is 8.41. The van der Waals surface area contributed by atoms with Gasteiger partial charge < -0.3 is 10.1 Å². The fourth-order valence-electron chi connectivity index (χ4n) is 1.88. The molecule has 0 aliphatic heterocycles. The maximum Gasteiger partial charge on any atom is 0.321 e. The van der Waals surface area contributed by atoms with E-state index in [0.29, 0.717) is 5.56 Å². The summed E-state index contributed by atoms with van der Waals surface area (Å²) in [5.41, 5.74) is 0.653. The molecule has 0 radical (unpaired) electrons. The number of esters is 1. The van der Waals surface area contributed by atoms with Crippen LogP contribution in [0.5, 0.6) is 0 Å². The van der Waals surface area contributed by atoms with Gasteiger partial charge in [0.25, 0.3) is 5.91 Å². The minimum Gasteiger partial charge on any atom is -0.455 e. The molecule has 28 heavy (non-hydrogen) atoms. The summed E-state index contributed by atoms with van der Waals surface area (Å²) in [5, 5.41) is 12.6. The zero-order valence-corrected chi connectivity index (χ0v) is 17.2. The molecule has 1 rings (SSSR count). The van der Waals surface area contributed by atoms with Crippen LogP contribution in [0.15, 0.2) is 29.7 Å². The van der Waals surface area contributed by atoms with Crippen molar-refractivity contribution in [3.63, 3.8) is 0 Å². The van der Waals surface area contributed by atoms with Crippen LogP contribution in [0.25, 0.3) is 6.08 Å². The van der Waals surface area contributed by atoms with Crippen molar-refractivity contribution in [3.05, 3.63) is 40.8 Å². The van der Waals surface area contributed by atoms with Gasteiger partial charge >= 0.3 is 5.97 Å². The third kappa shape index (κ3) is 7.90. The number of nitriles is 1. The molecule has 0 aliphatic rings. The highest BCUT2D eigenvalue weighted by Crippen LogP contribution is 2.14. The van der Waals surface area contributed by atoms with Gasteiger partial charge in [-0.25, -0.2) is 13.1 Å². The molecule has 1 amide bonds. The summed E-state index contributed by atoms with van der Waals surface area (Å²) in [5.74, 6) is -1.71. The van der Waals surface area contributed by atoms with Gasteiger partial charge in [-0.05, 0) is 31.4 Å². The first-order valence-corrected chi connectivity index (χ1v) is 10.1. The van der Waals surface area contributed by atoms with Gasteiger partial charge in [-0.3, -0.25) is 9.59 Å². The van der Waals surface area contributed by atoms with Gasteiger partial charge in [-0.1, -0.05) is 43.7 Å². The fraction of sp³-hybridized carbons (Fsp3) is 0.421. The van der Waals surface area contributed by atoms with E-state index in [2.05, 4.69) is 10.0 Å². The molecule has 0 saturated heterocycles. The van der Waals surface area contributed by atoms with Gasteiger partial charge in [0, 0.05) is 5.41 Å². The van der Waals surface area contributed by atoms with Crippen molar-refractivity contribution in [2.45, 2.75) is 33.2 Å². The number of sulfonamides is 1. The number of rotatable bonds is 9. The van der Waals surface area contributed by atoms with E-state index in [1.165, 1.54) is 6.08 Å². The quantitative estimate of drug-likeness (QED) is 0.597. The molecular formula is C19H25N3O5S. The second kappa shape index (κ2) is 10.0. The van der Waals surface area contributed by atoms with E-state index in [1.54, 1.807) is 32.9 Å². The van der Waals surface area contributed by atoms with Crippen LogP contribution in [-0.4, -0.2) is 39.0 Å². The Morgan fingerprint density at radius 3 is 2.43 bits per heavy atom. The largest absolute Gasteiger partial charge is 0.455 e. The summed E-state index contributed by atoms with van der Waals surface area (Å²) in [6.45, 7) is 5.80. The zero-order chi connectivity index (χ0) is 21.4. The SMILES string of the molecule is Cc1ccc(/C=C/S(=O)(=O)NCC(=O)OCC(=O)N[C@](C)(C#N)C(C)C)cc1. The summed E-state index contributed by atoms with van der Waals surface area (Å²) < 4.78 is 30.6. The Morgan fingerprint density at radius 1 is 1.29 bits per heavy atom. The lowest BCUT2D eigenvalue weighted by Crippen LogP contribution is -2.50. The number of hydrogen-bond donors (Lipinski definition) is 2. The number of ether oxygens (including phenoxy) is 1. The van der Waals surface area contributed by atoms with E-state index in [4.69, 9.17) is 10.00 Å². The number of nitrogens with zero attached hydrogens (tertiary/aromatic N) is 1. The summed E-state index contributed by atoms with van der Waals surface area (Å²) in [6, 6.07) is 9.22. The van der Waals surface area contributed by atoms with Gasteiger partial charge in [0.05, 0.1) is 6.07 Å². The molecule has 9 heteroatoms. The van der Waals surface area contributed by atoms with Crippen molar-refractivity contribution >= 4 is 28.0 Å². The molecule has 0 aliphatic carbocycles. The molecule has 2 N–H and O–H groups in total.